The maximum absolute atomic E-state index is 6.77. The summed E-state index contributed by atoms with van der Waals surface area (Å²) in [6, 6.07) is 52.6. The molecule has 0 bridgehead atoms. The van der Waals surface area contributed by atoms with Crippen LogP contribution in [0.5, 0.6) is 11.6 Å². The Bertz CT molecular complexity index is 2540. The third-order valence-corrected chi connectivity index (χ3v) is 10.0. The maximum Gasteiger partial charge on any atom is 0.199 e. The average molecular weight is 866 g/mol. The van der Waals surface area contributed by atoms with E-state index in [2.05, 4.69) is 147 Å². The molecule has 4 heterocycles. The molecule has 0 aliphatic carbocycles. The molecular weight excluding hydrogens is 827 g/mol. The number of pyridine rings is 2. The fraction of sp³-hybridized carbons (Fsp3) is 0.125. The summed E-state index contributed by atoms with van der Waals surface area (Å²) in [6.45, 7) is 10.8. The number of rotatable bonds is 4. The predicted octanol–water partition coefficient (Wildman–Crippen LogP) is 12.1. The molecule has 5 aromatic carbocycles. The van der Waals surface area contributed by atoms with Gasteiger partial charge < -0.3 is 14.7 Å². The molecule has 263 valence electrons. The molecular formula is C48H39IrN3O-2. The minimum Gasteiger partial charge on any atom is -0.441 e. The van der Waals surface area contributed by atoms with Crippen molar-refractivity contribution in [1.82, 2.24) is 14.5 Å². The summed E-state index contributed by atoms with van der Waals surface area (Å²) in [7, 11) is 0. The molecule has 0 atom stereocenters. The molecule has 8 aromatic rings. The molecule has 4 nitrogen and oxygen atoms in total. The van der Waals surface area contributed by atoms with Gasteiger partial charge in [0, 0.05) is 49.2 Å². The summed E-state index contributed by atoms with van der Waals surface area (Å²) in [5, 5.41) is 1.13. The molecule has 1 aliphatic heterocycles. The number of hydrogen-bond acceptors (Lipinski definition) is 3. The summed E-state index contributed by atoms with van der Waals surface area (Å²) < 4.78 is 9.03. The fourth-order valence-corrected chi connectivity index (χ4v) is 7.10. The molecule has 0 amide bonds. The van der Waals surface area contributed by atoms with E-state index in [1.165, 1.54) is 22.3 Å². The molecule has 0 saturated carbocycles. The number of para-hydroxylation sites is 1. The summed E-state index contributed by atoms with van der Waals surface area (Å²) in [6.07, 6.45) is 3.83. The number of nitrogens with zero attached hydrogens (tertiary/aromatic N) is 3. The van der Waals surface area contributed by atoms with Gasteiger partial charge in [0.05, 0.1) is 0 Å². The molecule has 0 N–H and O–H groups in total. The summed E-state index contributed by atoms with van der Waals surface area (Å²) in [5.74, 6) is 1.74. The number of aryl methyl sites for hydroxylation is 3. The standard InChI is InChI=1S/C35H27N2O.C13H12N.Ir/c1-23-19-20-29(36-22-23)27-15-10-17-30-32(27)33-34(38-31-18-8-7-16-28(31)35(33,2)3)37(30)26-14-9-13-25(21-26)24-11-5-4-6-12-24;1-10-8-13(14-9-11(10)2)12-6-4-3-5-7-12;/h4-14,16-22H,1-3H3;3-6,8-9H,1-2H3;/q2*-1;. The second-order valence-corrected chi connectivity index (χ2v) is 13.9. The number of hydrogen-bond donors (Lipinski definition) is 0. The maximum atomic E-state index is 6.77. The number of aromatic nitrogens is 3. The second kappa shape index (κ2) is 14.8. The van der Waals surface area contributed by atoms with Crippen molar-refractivity contribution in [2.45, 2.75) is 40.0 Å². The third kappa shape index (κ3) is 6.75. The first-order valence-corrected chi connectivity index (χ1v) is 17.7. The smallest absolute Gasteiger partial charge is 0.199 e. The molecule has 53 heavy (non-hydrogen) atoms. The zero-order chi connectivity index (χ0) is 35.8. The molecule has 0 saturated heterocycles. The third-order valence-electron chi connectivity index (χ3n) is 10.0. The first-order valence-electron chi connectivity index (χ1n) is 17.7. The zero-order valence-electron chi connectivity index (χ0n) is 30.4. The molecule has 3 aromatic heterocycles. The van der Waals surface area contributed by atoms with E-state index in [9.17, 15) is 0 Å². The first kappa shape index (κ1) is 35.8. The van der Waals surface area contributed by atoms with Crippen LogP contribution >= 0.6 is 0 Å². The second-order valence-electron chi connectivity index (χ2n) is 13.9. The van der Waals surface area contributed by atoms with Crippen LogP contribution in [-0.2, 0) is 25.5 Å². The van der Waals surface area contributed by atoms with Crippen LogP contribution in [0.3, 0.4) is 0 Å². The zero-order valence-corrected chi connectivity index (χ0v) is 32.8. The van der Waals surface area contributed by atoms with E-state index in [0.717, 1.165) is 67.4 Å². The van der Waals surface area contributed by atoms with Crippen LogP contribution < -0.4 is 4.74 Å². The van der Waals surface area contributed by atoms with E-state index in [0.29, 0.717) is 0 Å². The van der Waals surface area contributed by atoms with Gasteiger partial charge in [0.2, 0.25) is 0 Å². The van der Waals surface area contributed by atoms with E-state index < -0.39 is 0 Å². The molecule has 5 heteroatoms. The van der Waals surface area contributed by atoms with Gasteiger partial charge in [0.15, 0.2) is 5.88 Å². The number of benzene rings is 5. The van der Waals surface area contributed by atoms with E-state index in [1.54, 1.807) is 0 Å². The van der Waals surface area contributed by atoms with E-state index in [4.69, 9.17) is 9.72 Å². The Labute approximate surface area is 325 Å². The van der Waals surface area contributed by atoms with Crippen LogP contribution in [0.1, 0.15) is 41.7 Å². The Hall–Kier alpha value is -5.61. The van der Waals surface area contributed by atoms with E-state index in [1.807, 2.05) is 54.9 Å². The van der Waals surface area contributed by atoms with Crippen LogP contribution in [0.15, 0.2) is 146 Å². The summed E-state index contributed by atoms with van der Waals surface area (Å²) in [4.78, 5) is 9.17. The van der Waals surface area contributed by atoms with E-state index in [-0.39, 0.29) is 25.5 Å². The van der Waals surface area contributed by atoms with Gasteiger partial charge in [-0.05, 0) is 83.7 Å². The van der Waals surface area contributed by atoms with Crippen LogP contribution in [0.4, 0.5) is 0 Å². The van der Waals surface area contributed by atoms with Crippen LogP contribution in [0.25, 0.3) is 50.2 Å². The summed E-state index contributed by atoms with van der Waals surface area (Å²) >= 11 is 0. The quantitative estimate of drug-likeness (QED) is 0.166. The van der Waals surface area contributed by atoms with E-state index >= 15 is 0 Å². The molecule has 0 unspecified atom stereocenters. The molecule has 9 rings (SSSR count). The Morgan fingerprint density at radius 1 is 0.642 bits per heavy atom. The molecule has 1 aliphatic rings. The van der Waals surface area contributed by atoms with Crippen molar-refractivity contribution >= 4 is 10.9 Å². The van der Waals surface area contributed by atoms with Crippen molar-refractivity contribution in [1.29, 1.82) is 0 Å². The van der Waals surface area contributed by atoms with Crippen molar-refractivity contribution in [3.63, 3.8) is 0 Å². The van der Waals surface area contributed by atoms with Crippen molar-refractivity contribution in [2.75, 3.05) is 0 Å². The first-order chi connectivity index (χ1) is 25.3. The van der Waals surface area contributed by atoms with Crippen molar-refractivity contribution in [3.8, 4) is 51.0 Å². The Balaban J connectivity index is 0.000000245. The van der Waals surface area contributed by atoms with Gasteiger partial charge in [-0.25, -0.2) is 0 Å². The van der Waals surface area contributed by atoms with Crippen LogP contribution in [0.2, 0.25) is 0 Å². The van der Waals surface area contributed by atoms with Gasteiger partial charge in [-0.3, -0.25) is 4.57 Å². The van der Waals surface area contributed by atoms with Crippen molar-refractivity contribution in [2.24, 2.45) is 0 Å². The van der Waals surface area contributed by atoms with Gasteiger partial charge in [0.1, 0.15) is 5.75 Å². The van der Waals surface area contributed by atoms with Gasteiger partial charge in [-0.2, -0.15) is 0 Å². The fourth-order valence-electron chi connectivity index (χ4n) is 7.10. The molecule has 0 spiro atoms. The van der Waals surface area contributed by atoms with Gasteiger partial charge >= 0.3 is 0 Å². The number of fused-ring (bicyclic) bond motifs is 4. The predicted molar refractivity (Wildman–Crippen MR) is 212 cm³/mol. The van der Waals surface area contributed by atoms with Gasteiger partial charge in [-0.15, -0.1) is 59.7 Å². The Kier molecular flexibility index (Phi) is 9.98. The Morgan fingerprint density at radius 3 is 2.15 bits per heavy atom. The van der Waals surface area contributed by atoms with Gasteiger partial charge in [0.25, 0.3) is 0 Å². The monoisotopic (exact) mass is 866 g/mol. The van der Waals surface area contributed by atoms with Gasteiger partial charge in [-0.1, -0.05) is 104 Å². The minimum atomic E-state index is -0.292. The largest absolute Gasteiger partial charge is 0.441 e. The van der Waals surface area contributed by atoms with Crippen molar-refractivity contribution in [3.05, 3.63) is 186 Å². The van der Waals surface area contributed by atoms with Crippen LogP contribution in [0, 0.1) is 32.9 Å². The Morgan fingerprint density at radius 2 is 1.40 bits per heavy atom. The summed E-state index contributed by atoms with van der Waals surface area (Å²) in [5.41, 5.74) is 14.1. The number of ether oxygens (including phenoxy) is 1. The minimum absolute atomic E-state index is 0. The topological polar surface area (TPSA) is 39.9 Å². The SMILES string of the molecule is Cc1ccc(-c2[c-]ccc3c2c2c(n3-c3cccc(-c4ccccc4)c3)Oc3ccccc3C2(C)C)nc1.Cc1cnc(-c2[c-]cccc2)cc1C.[Ir]. The van der Waals surface area contributed by atoms with Crippen LogP contribution in [-0.4, -0.2) is 14.5 Å². The molecule has 0 fully saturated rings. The normalized spacial score (nSPS) is 12.4. The molecule has 1 radical (unpaired) electrons. The average Bonchev–Trinajstić information content (AvgIpc) is 3.52. The van der Waals surface area contributed by atoms with Crippen molar-refractivity contribution < 1.29 is 24.8 Å².